The number of hydrogen-bond acceptors (Lipinski definition) is 3. The van der Waals surface area contributed by atoms with Crippen LogP contribution in [0.4, 0.5) is 5.69 Å². The lowest BCUT2D eigenvalue weighted by Gasteiger charge is -2.09. The van der Waals surface area contributed by atoms with Gasteiger partial charge in [-0.1, -0.05) is 18.2 Å². The van der Waals surface area contributed by atoms with Gasteiger partial charge in [-0.05, 0) is 64.7 Å². The van der Waals surface area contributed by atoms with E-state index in [2.05, 4.69) is 21.2 Å². The third kappa shape index (κ3) is 6.81. The number of carbonyl (C=O) groups excluding carboxylic acids is 1. The van der Waals surface area contributed by atoms with Crippen LogP contribution in [0.3, 0.4) is 0 Å². The molecule has 0 atom stereocenters. The first-order chi connectivity index (χ1) is 11.0. The van der Waals surface area contributed by atoms with E-state index in [0.717, 1.165) is 33.5 Å². The van der Waals surface area contributed by atoms with Crippen molar-refractivity contribution < 1.29 is 9.53 Å². The number of halogens is 2. The fourth-order valence-electron chi connectivity index (χ4n) is 2.10. The van der Waals surface area contributed by atoms with Crippen molar-refractivity contribution >= 4 is 39.9 Å². The third-order valence-corrected chi connectivity index (χ3v) is 4.01. The number of anilines is 1. The molecule has 2 aromatic carbocycles. The van der Waals surface area contributed by atoms with E-state index in [0.29, 0.717) is 19.6 Å². The van der Waals surface area contributed by atoms with Crippen molar-refractivity contribution in [3.05, 3.63) is 58.1 Å². The summed E-state index contributed by atoms with van der Waals surface area (Å²) in [6.07, 6.45) is 1.12. The number of amides is 1. The van der Waals surface area contributed by atoms with Gasteiger partial charge in [0, 0.05) is 12.2 Å². The Morgan fingerprint density at radius 1 is 1.21 bits per heavy atom. The molecule has 0 saturated carbocycles. The lowest BCUT2D eigenvalue weighted by Crippen LogP contribution is -2.27. The minimum absolute atomic E-state index is 0. The van der Waals surface area contributed by atoms with Crippen molar-refractivity contribution in [2.75, 3.05) is 18.9 Å². The Bertz CT molecular complexity index is 663. The summed E-state index contributed by atoms with van der Waals surface area (Å²) < 4.78 is 6.52. The molecular formula is C18H22BrClN2O2. The lowest BCUT2D eigenvalue weighted by atomic mass is 10.1. The maximum atomic E-state index is 11.8. The number of rotatable bonds is 7. The van der Waals surface area contributed by atoms with E-state index in [4.69, 9.17) is 10.5 Å². The average molecular weight is 414 g/mol. The number of hydrogen-bond donors (Lipinski definition) is 2. The van der Waals surface area contributed by atoms with E-state index in [-0.39, 0.29) is 18.3 Å². The zero-order valence-corrected chi connectivity index (χ0v) is 16.0. The number of aryl methyl sites for hydroxylation is 1. The van der Waals surface area contributed by atoms with Crippen molar-refractivity contribution in [3.8, 4) is 5.75 Å². The van der Waals surface area contributed by atoms with Crippen LogP contribution in [0, 0.1) is 6.92 Å². The molecule has 2 aromatic rings. The van der Waals surface area contributed by atoms with Gasteiger partial charge < -0.3 is 15.8 Å². The van der Waals surface area contributed by atoms with Crippen molar-refractivity contribution in [3.63, 3.8) is 0 Å². The largest absolute Gasteiger partial charge is 0.492 e. The highest BCUT2D eigenvalue weighted by molar-refractivity contribution is 9.10. The van der Waals surface area contributed by atoms with Crippen molar-refractivity contribution in [1.29, 1.82) is 0 Å². The number of nitrogen functional groups attached to an aromatic ring is 1. The molecule has 2 rings (SSSR count). The van der Waals surface area contributed by atoms with Gasteiger partial charge in [0.2, 0.25) is 5.91 Å². The van der Waals surface area contributed by atoms with Gasteiger partial charge in [0.25, 0.3) is 0 Å². The molecule has 4 nitrogen and oxygen atoms in total. The molecule has 6 heteroatoms. The minimum Gasteiger partial charge on any atom is -0.492 e. The van der Waals surface area contributed by atoms with Gasteiger partial charge in [-0.3, -0.25) is 4.79 Å². The molecule has 0 fully saturated rings. The zero-order chi connectivity index (χ0) is 16.7. The van der Waals surface area contributed by atoms with Gasteiger partial charge in [-0.25, -0.2) is 0 Å². The molecule has 0 unspecified atom stereocenters. The summed E-state index contributed by atoms with van der Waals surface area (Å²) in [4.78, 5) is 11.8. The van der Waals surface area contributed by atoms with Gasteiger partial charge in [0.1, 0.15) is 5.75 Å². The Hall–Kier alpha value is -1.72. The van der Waals surface area contributed by atoms with Crippen LogP contribution in [0.25, 0.3) is 0 Å². The Balaban J connectivity index is 0.00000288. The molecule has 1 amide bonds. The first-order valence-electron chi connectivity index (χ1n) is 7.54. The Kier molecular flexibility index (Phi) is 8.65. The number of nitrogens with two attached hydrogens (primary N) is 1. The predicted molar refractivity (Wildman–Crippen MR) is 104 cm³/mol. The van der Waals surface area contributed by atoms with Crippen molar-refractivity contribution in [2.45, 2.75) is 19.8 Å². The highest BCUT2D eigenvalue weighted by atomic mass is 79.9. The molecule has 0 spiro atoms. The SMILES string of the molecule is Cc1ccc(OCCC(=O)NCCc2ccc(N)cc2)c(Br)c1.Cl. The smallest absolute Gasteiger partial charge is 0.223 e. The number of ether oxygens (including phenoxy) is 1. The third-order valence-electron chi connectivity index (χ3n) is 3.39. The van der Waals surface area contributed by atoms with Crippen LogP contribution in [-0.2, 0) is 11.2 Å². The first kappa shape index (κ1) is 20.3. The zero-order valence-electron chi connectivity index (χ0n) is 13.5. The molecule has 0 aliphatic carbocycles. The number of nitrogens with one attached hydrogen (secondary N) is 1. The van der Waals surface area contributed by atoms with E-state index in [1.54, 1.807) is 0 Å². The molecule has 0 saturated heterocycles. The van der Waals surface area contributed by atoms with Crippen LogP contribution < -0.4 is 15.8 Å². The summed E-state index contributed by atoms with van der Waals surface area (Å²) in [5.74, 6) is 0.744. The second-order valence-corrected chi connectivity index (χ2v) is 6.23. The van der Waals surface area contributed by atoms with Crippen LogP contribution >= 0.6 is 28.3 Å². The summed E-state index contributed by atoms with van der Waals surface area (Å²) in [7, 11) is 0. The molecule has 0 bridgehead atoms. The molecule has 0 heterocycles. The minimum atomic E-state index is -0.0105. The first-order valence-corrected chi connectivity index (χ1v) is 8.34. The summed E-state index contributed by atoms with van der Waals surface area (Å²) in [5, 5.41) is 2.89. The highest BCUT2D eigenvalue weighted by Crippen LogP contribution is 2.25. The molecule has 0 aliphatic rings. The van der Waals surface area contributed by atoms with E-state index in [1.165, 1.54) is 0 Å². The summed E-state index contributed by atoms with van der Waals surface area (Å²) in [6, 6.07) is 13.5. The molecule has 24 heavy (non-hydrogen) atoms. The second kappa shape index (κ2) is 10.2. The van der Waals surface area contributed by atoms with Gasteiger partial charge in [0.05, 0.1) is 17.5 Å². The summed E-state index contributed by atoms with van der Waals surface area (Å²) >= 11 is 3.45. The maximum Gasteiger partial charge on any atom is 0.223 e. The van der Waals surface area contributed by atoms with E-state index < -0.39 is 0 Å². The second-order valence-electron chi connectivity index (χ2n) is 5.37. The fourth-order valence-corrected chi connectivity index (χ4v) is 2.70. The molecule has 3 N–H and O–H groups in total. The number of carbonyl (C=O) groups is 1. The van der Waals surface area contributed by atoms with Gasteiger partial charge in [-0.2, -0.15) is 0 Å². The molecule has 0 aliphatic heterocycles. The van der Waals surface area contributed by atoms with Gasteiger partial charge in [-0.15, -0.1) is 12.4 Å². The summed E-state index contributed by atoms with van der Waals surface area (Å²) in [6.45, 7) is 2.98. The fraction of sp³-hybridized carbons (Fsp3) is 0.278. The monoisotopic (exact) mass is 412 g/mol. The molecule has 130 valence electrons. The molecular weight excluding hydrogens is 392 g/mol. The molecule has 0 radical (unpaired) electrons. The Morgan fingerprint density at radius 3 is 2.58 bits per heavy atom. The average Bonchev–Trinajstić information content (AvgIpc) is 2.51. The topological polar surface area (TPSA) is 64.3 Å². The van der Waals surface area contributed by atoms with Crippen molar-refractivity contribution in [1.82, 2.24) is 5.32 Å². The van der Waals surface area contributed by atoms with Gasteiger partial charge >= 0.3 is 0 Å². The Labute approximate surface area is 157 Å². The number of benzene rings is 2. The van der Waals surface area contributed by atoms with E-state index in [1.807, 2.05) is 49.4 Å². The summed E-state index contributed by atoms with van der Waals surface area (Å²) in [5.41, 5.74) is 8.69. The van der Waals surface area contributed by atoms with E-state index in [9.17, 15) is 4.79 Å². The van der Waals surface area contributed by atoms with Crippen LogP contribution in [0.2, 0.25) is 0 Å². The Morgan fingerprint density at radius 2 is 1.92 bits per heavy atom. The van der Waals surface area contributed by atoms with Crippen LogP contribution in [0.5, 0.6) is 5.75 Å². The van der Waals surface area contributed by atoms with Crippen LogP contribution in [0.1, 0.15) is 17.5 Å². The van der Waals surface area contributed by atoms with E-state index >= 15 is 0 Å². The molecule has 0 aromatic heterocycles. The maximum absolute atomic E-state index is 11.8. The lowest BCUT2D eigenvalue weighted by molar-refractivity contribution is -0.121. The normalized spacial score (nSPS) is 9.92. The highest BCUT2D eigenvalue weighted by Gasteiger charge is 2.04. The van der Waals surface area contributed by atoms with Gasteiger partial charge in [0.15, 0.2) is 0 Å². The predicted octanol–water partition coefficient (Wildman–Crippen LogP) is 3.89. The van der Waals surface area contributed by atoms with Crippen LogP contribution in [-0.4, -0.2) is 19.1 Å². The quantitative estimate of drug-likeness (QED) is 0.677. The standard InChI is InChI=1S/C18H21BrN2O2.ClH/c1-13-2-7-17(16(19)12-13)23-11-9-18(22)21-10-8-14-3-5-15(20)6-4-14;/h2-7,12H,8-11,20H2,1H3,(H,21,22);1H. The van der Waals surface area contributed by atoms with Crippen LogP contribution in [0.15, 0.2) is 46.9 Å². The van der Waals surface area contributed by atoms with Crippen molar-refractivity contribution in [2.24, 2.45) is 0 Å².